The van der Waals surface area contributed by atoms with E-state index in [9.17, 15) is 0 Å². The van der Waals surface area contributed by atoms with Gasteiger partial charge in [0, 0.05) is 11.1 Å². The summed E-state index contributed by atoms with van der Waals surface area (Å²) < 4.78 is 0. The van der Waals surface area contributed by atoms with Crippen molar-refractivity contribution in [1.82, 2.24) is 30.1 Å². The van der Waals surface area contributed by atoms with Crippen molar-refractivity contribution < 1.29 is 0 Å². The number of nitrogens with zero attached hydrogens (tertiary/aromatic N) is 3. The van der Waals surface area contributed by atoms with Gasteiger partial charge in [0.25, 0.3) is 0 Å². The number of aromatic nitrogens is 6. The quantitative estimate of drug-likeness (QED) is 0.211. The molecule has 0 amide bonds. The SMILES string of the molecule is CC(C)(C)c1cc(-c2nc3ccc(-c4ccc5nc[nH]c5c4)cc3[nH]2)n[nH]1.CI. The lowest BCUT2D eigenvalue weighted by atomic mass is 9.92. The van der Waals surface area contributed by atoms with Gasteiger partial charge in [0.15, 0.2) is 5.82 Å². The zero-order chi connectivity index (χ0) is 20.6. The number of alkyl halides is 1. The molecule has 0 bridgehead atoms. The first-order chi connectivity index (χ1) is 14.0. The van der Waals surface area contributed by atoms with Gasteiger partial charge in [-0.2, -0.15) is 5.10 Å². The molecule has 0 saturated carbocycles. The predicted octanol–water partition coefficient (Wildman–Crippen LogP) is 5.85. The average Bonchev–Trinajstić information content (AvgIpc) is 3.46. The summed E-state index contributed by atoms with van der Waals surface area (Å²) in [5.74, 6) is 0.776. The lowest BCUT2D eigenvalue weighted by molar-refractivity contribution is 0.567. The van der Waals surface area contributed by atoms with E-state index in [0.29, 0.717) is 0 Å². The number of imidazole rings is 2. The van der Waals surface area contributed by atoms with Crippen molar-refractivity contribution in [3.63, 3.8) is 0 Å². The Balaban J connectivity index is 0.000000994. The van der Waals surface area contributed by atoms with Crippen LogP contribution in [0.4, 0.5) is 0 Å². The molecule has 0 radical (unpaired) electrons. The Morgan fingerprint density at radius 2 is 1.55 bits per heavy atom. The van der Waals surface area contributed by atoms with Crippen molar-refractivity contribution in [3.8, 4) is 22.6 Å². The maximum atomic E-state index is 4.70. The molecule has 3 N–H and O–H groups in total. The number of hydrogen-bond donors (Lipinski definition) is 3. The van der Waals surface area contributed by atoms with Crippen LogP contribution in [0.3, 0.4) is 0 Å². The molecule has 0 aliphatic carbocycles. The van der Waals surface area contributed by atoms with E-state index in [1.807, 2.05) is 17.1 Å². The Morgan fingerprint density at radius 3 is 2.24 bits per heavy atom. The van der Waals surface area contributed by atoms with Crippen LogP contribution in [0.15, 0.2) is 48.8 Å². The lowest BCUT2D eigenvalue weighted by Crippen LogP contribution is -2.11. The Hall–Kier alpha value is -2.68. The molecule has 5 rings (SSSR count). The van der Waals surface area contributed by atoms with Gasteiger partial charge in [-0.3, -0.25) is 5.10 Å². The van der Waals surface area contributed by atoms with E-state index in [1.165, 1.54) is 0 Å². The van der Waals surface area contributed by atoms with Crippen molar-refractivity contribution in [3.05, 3.63) is 54.5 Å². The minimum Gasteiger partial charge on any atom is -0.345 e. The molecule has 5 aromatic rings. The normalized spacial score (nSPS) is 11.6. The summed E-state index contributed by atoms with van der Waals surface area (Å²) in [7, 11) is 0. The number of fused-ring (bicyclic) bond motifs is 2. The fourth-order valence-electron chi connectivity index (χ4n) is 3.25. The third-order valence-corrected chi connectivity index (χ3v) is 4.86. The smallest absolute Gasteiger partial charge is 0.159 e. The monoisotopic (exact) mass is 498 g/mol. The van der Waals surface area contributed by atoms with Crippen LogP contribution < -0.4 is 0 Å². The molecule has 0 spiro atoms. The number of halogens is 1. The van der Waals surface area contributed by atoms with Crippen LogP contribution in [0, 0.1) is 0 Å². The zero-order valence-electron chi connectivity index (χ0n) is 16.8. The zero-order valence-corrected chi connectivity index (χ0v) is 19.0. The van der Waals surface area contributed by atoms with E-state index in [2.05, 4.69) is 98.8 Å². The second kappa shape index (κ2) is 7.62. The molecule has 0 aliphatic heterocycles. The Labute approximate surface area is 182 Å². The maximum absolute atomic E-state index is 4.70. The van der Waals surface area contributed by atoms with Crippen LogP contribution >= 0.6 is 22.6 Å². The van der Waals surface area contributed by atoms with Crippen LogP contribution in [0.2, 0.25) is 0 Å². The van der Waals surface area contributed by atoms with Gasteiger partial charge in [-0.1, -0.05) is 55.5 Å². The highest BCUT2D eigenvalue weighted by atomic mass is 127. The molecule has 148 valence electrons. The van der Waals surface area contributed by atoms with E-state index in [1.54, 1.807) is 6.33 Å². The van der Waals surface area contributed by atoms with E-state index in [-0.39, 0.29) is 5.41 Å². The van der Waals surface area contributed by atoms with Gasteiger partial charge in [-0.25, -0.2) is 9.97 Å². The van der Waals surface area contributed by atoms with Crippen molar-refractivity contribution >= 4 is 44.7 Å². The van der Waals surface area contributed by atoms with E-state index < -0.39 is 0 Å². The second-order valence-corrected chi connectivity index (χ2v) is 7.87. The first-order valence-electron chi connectivity index (χ1n) is 9.35. The molecule has 7 heteroatoms. The molecule has 29 heavy (non-hydrogen) atoms. The molecule has 3 heterocycles. The minimum atomic E-state index is 0.0236. The van der Waals surface area contributed by atoms with Gasteiger partial charge in [0.2, 0.25) is 0 Å². The van der Waals surface area contributed by atoms with E-state index in [4.69, 9.17) is 4.98 Å². The van der Waals surface area contributed by atoms with Crippen LogP contribution in [0.5, 0.6) is 0 Å². The van der Waals surface area contributed by atoms with Crippen LogP contribution in [-0.2, 0) is 5.41 Å². The molecule has 6 nitrogen and oxygen atoms in total. The molecule has 3 aromatic heterocycles. The first kappa shape index (κ1) is 19.6. The summed E-state index contributed by atoms with van der Waals surface area (Å²) in [5.41, 5.74) is 8.13. The summed E-state index contributed by atoms with van der Waals surface area (Å²) in [6.07, 6.45) is 1.72. The summed E-state index contributed by atoms with van der Waals surface area (Å²) in [6, 6.07) is 14.6. The predicted molar refractivity (Wildman–Crippen MR) is 127 cm³/mol. The van der Waals surface area contributed by atoms with Crippen LogP contribution in [0.25, 0.3) is 44.7 Å². The Kier molecular flexibility index (Phi) is 5.16. The summed E-state index contributed by atoms with van der Waals surface area (Å²) in [5, 5.41) is 7.55. The second-order valence-electron chi connectivity index (χ2n) is 7.87. The molecule has 0 saturated heterocycles. The summed E-state index contributed by atoms with van der Waals surface area (Å²) >= 11 is 2.15. The van der Waals surface area contributed by atoms with Gasteiger partial charge in [0.05, 0.1) is 28.4 Å². The molecule has 0 unspecified atom stereocenters. The van der Waals surface area contributed by atoms with Gasteiger partial charge < -0.3 is 9.97 Å². The third-order valence-electron chi connectivity index (χ3n) is 4.86. The van der Waals surface area contributed by atoms with Crippen LogP contribution in [-0.4, -0.2) is 35.1 Å². The number of aromatic amines is 3. The van der Waals surface area contributed by atoms with E-state index in [0.717, 1.165) is 50.4 Å². The third kappa shape index (κ3) is 3.78. The highest BCUT2D eigenvalue weighted by Gasteiger charge is 2.18. The van der Waals surface area contributed by atoms with Crippen molar-refractivity contribution in [1.29, 1.82) is 0 Å². The highest BCUT2D eigenvalue weighted by Crippen LogP contribution is 2.28. The van der Waals surface area contributed by atoms with Gasteiger partial charge in [-0.15, -0.1) is 0 Å². The summed E-state index contributed by atoms with van der Waals surface area (Å²) in [4.78, 5) is 17.5. The molecule has 2 aromatic carbocycles. The minimum absolute atomic E-state index is 0.0236. The number of benzene rings is 2. The topological polar surface area (TPSA) is 86.0 Å². The largest absolute Gasteiger partial charge is 0.345 e. The first-order valence-corrected chi connectivity index (χ1v) is 11.5. The molecule has 0 aliphatic rings. The maximum Gasteiger partial charge on any atom is 0.159 e. The van der Waals surface area contributed by atoms with Crippen molar-refractivity contribution in [2.24, 2.45) is 0 Å². The van der Waals surface area contributed by atoms with Crippen molar-refractivity contribution in [2.45, 2.75) is 26.2 Å². The van der Waals surface area contributed by atoms with Gasteiger partial charge in [-0.05, 0) is 46.4 Å². The van der Waals surface area contributed by atoms with Crippen molar-refractivity contribution in [2.75, 3.05) is 4.93 Å². The highest BCUT2D eigenvalue weighted by molar-refractivity contribution is 14.1. The molecule has 0 fully saturated rings. The number of nitrogens with one attached hydrogen (secondary N) is 3. The summed E-state index contributed by atoms with van der Waals surface area (Å²) in [6.45, 7) is 6.48. The van der Waals surface area contributed by atoms with Gasteiger partial charge >= 0.3 is 0 Å². The molecule has 0 atom stereocenters. The Morgan fingerprint density at radius 1 is 0.862 bits per heavy atom. The molecular formula is C22H23IN6. The lowest BCUT2D eigenvalue weighted by Gasteiger charge is -2.14. The van der Waals surface area contributed by atoms with E-state index >= 15 is 0 Å². The number of rotatable bonds is 2. The fraction of sp³-hybridized carbons (Fsp3) is 0.227. The van der Waals surface area contributed by atoms with Gasteiger partial charge in [0.1, 0.15) is 5.69 Å². The Bertz CT molecular complexity index is 1270. The standard InChI is InChI=1S/C21H20N6.CH3I/c1-21(2,3)19-10-18(26-27-19)20-24-15-7-5-13(9-17(15)25-20)12-4-6-14-16(8-12)23-11-22-14;1-2/h4-11H,1-3H3,(H,22,23)(H,24,25)(H,26,27);1H3. The fourth-order valence-corrected chi connectivity index (χ4v) is 3.25. The number of H-pyrrole nitrogens is 3. The average molecular weight is 498 g/mol. The molecular weight excluding hydrogens is 475 g/mol. The number of hydrogen-bond acceptors (Lipinski definition) is 3. The van der Waals surface area contributed by atoms with Crippen LogP contribution in [0.1, 0.15) is 26.5 Å².